The van der Waals surface area contributed by atoms with Crippen LogP contribution in [0.4, 0.5) is 5.82 Å². The Kier molecular flexibility index (Phi) is 4.15. The molecule has 2 unspecified atom stereocenters. The average Bonchev–Trinajstić information content (AvgIpc) is 2.67. The van der Waals surface area contributed by atoms with Gasteiger partial charge in [0.05, 0.1) is 10.7 Å². The van der Waals surface area contributed by atoms with Gasteiger partial charge in [-0.3, -0.25) is 4.90 Å². The Labute approximate surface area is 126 Å². The van der Waals surface area contributed by atoms with Crippen LogP contribution < -0.4 is 10.2 Å². The molecular weight excluding hydrogens is 272 g/mol. The summed E-state index contributed by atoms with van der Waals surface area (Å²) in [5, 5.41) is 3.87. The molecule has 1 aromatic rings. The molecule has 1 aromatic heterocycles. The Hall–Kier alpha value is -0.840. The number of likely N-dealkylation sites (N-methyl/N-ethyl adjacent to an activating group) is 1. The molecular formula is C15H23ClN4. The van der Waals surface area contributed by atoms with Crippen molar-refractivity contribution in [1.82, 2.24) is 15.2 Å². The van der Waals surface area contributed by atoms with E-state index in [0.29, 0.717) is 12.6 Å². The van der Waals surface area contributed by atoms with Crippen LogP contribution in [0, 0.1) is 0 Å². The van der Waals surface area contributed by atoms with Crippen LogP contribution in [-0.2, 0) is 6.54 Å². The summed E-state index contributed by atoms with van der Waals surface area (Å²) < 4.78 is 0. The normalized spacial score (nSPS) is 26.9. The molecule has 2 saturated heterocycles. The quantitative estimate of drug-likeness (QED) is 0.925. The Morgan fingerprint density at radius 3 is 2.90 bits per heavy atom. The van der Waals surface area contributed by atoms with E-state index in [-0.39, 0.29) is 0 Å². The van der Waals surface area contributed by atoms with Gasteiger partial charge < -0.3 is 10.2 Å². The molecule has 20 heavy (non-hydrogen) atoms. The highest BCUT2D eigenvalue weighted by atomic mass is 35.5. The molecule has 0 radical (unpaired) electrons. The Bertz CT molecular complexity index is 479. The maximum absolute atomic E-state index is 6.20. The van der Waals surface area contributed by atoms with Crippen molar-refractivity contribution in [2.24, 2.45) is 0 Å². The summed E-state index contributed by atoms with van der Waals surface area (Å²) in [6, 6.07) is 5.46. The van der Waals surface area contributed by atoms with E-state index in [0.717, 1.165) is 35.7 Å². The minimum atomic E-state index is 0.674. The highest BCUT2D eigenvalue weighted by Crippen LogP contribution is 2.30. The second kappa shape index (κ2) is 5.88. The molecule has 0 amide bonds. The minimum absolute atomic E-state index is 0.674. The van der Waals surface area contributed by atoms with Crippen molar-refractivity contribution in [3.05, 3.63) is 22.8 Å². The Morgan fingerprint density at radius 2 is 2.10 bits per heavy atom. The van der Waals surface area contributed by atoms with E-state index in [1.54, 1.807) is 0 Å². The highest BCUT2D eigenvalue weighted by Gasteiger charge is 2.34. The van der Waals surface area contributed by atoms with Gasteiger partial charge in [0.1, 0.15) is 5.82 Å². The number of nitrogens with one attached hydrogen (secondary N) is 1. The van der Waals surface area contributed by atoms with Crippen molar-refractivity contribution in [3.63, 3.8) is 0 Å². The fraction of sp³-hybridized carbons (Fsp3) is 0.667. The first-order chi connectivity index (χ1) is 9.69. The number of anilines is 1. The first-order valence-corrected chi connectivity index (χ1v) is 7.83. The molecule has 0 spiro atoms. The predicted molar refractivity (Wildman–Crippen MR) is 83.4 cm³/mol. The summed E-state index contributed by atoms with van der Waals surface area (Å²) in [5.74, 6) is 1.07. The molecule has 4 nitrogen and oxygen atoms in total. The lowest BCUT2D eigenvalue weighted by atomic mass is 10.1. The topological polar surface area (TPSA) is 31.4 Å². The SMILES string of the molecule is CNCc1nc(N2CCC3CCC(C2)N3C)ccc1Cl. The fourth-order valence-corrected chi connectivity index (χ4v) is 3.63. The molecule has 2 atom stereocenters. The van der Waals surface area contributed by atoms with Crippen molar-refractivity contribution in [1.29, 1.82) is 0 Å². The zero-order valence-electron chi connectivity index (χ0n) is 12.3. The van der Waals surface area contributed by atoms with Gasteiger partial charge >= 0.3 is 0 Å². The van der Waals surface area contributed by atoms with Gasteiger partial charge in [0, 0.05) is 31.7 Å². The van der Waals surface area contributed by atoms with Gasteiger partial charge in [-0.1, -0.05) is 11.6 Å². The van der Waals surface area contributed by atoms with Gasteiger partial charge in [0.15, 0.2) is 0 Å². The molecule has 1 N–H and O–H groups in total. The number of halogens is 1. The maximum atomic E-state index is 6.20. The monoisotopic (exact) mass is 294 g/mol. The van der Waals surface area contributed by atoms with Crippen LogP contribution >= 0.6 is 11.6 Å². The number of pyridine rings is 1. The Morgan fingerprint density at radius 1 is 1.30 bits per heavy atom. The van der Waals surface area contributed by atoms with Crippen LogP contribution in [0.2, 0.25) is 5.02 Å². The van der Waals surface area contributed by atoms with E-state index in [2.05, 4.69) is 28.2 Å². The van der Waals surface area contributed by atoms with Crippen molar-refractivity contribution in [2.45, 2.75) is 37.9 Å². The number of hydrogen-bond donors (Lipinski definition) is 1. The van der Waals surface area contributed by atoms with Crippen LogP contribution in [0.25, 0.3) is 0 Å². The summed E-state index contributed by atoms with van der Waals surface area (Å²) >= 11 is 6.20. The molecule has 2 aliphatic heterocycles. The number of rotatable bonds is 3. The zero-order chi connectivity index (χ0) is 14.1. The molecule has 5 heteroatoms. The highest BCUT2D eigenvalue weighted by molar-refractivity contribution is 6.31. The largest absolute Gasteiger partial charge is 0.355 e. The third-order valence-corrected chi connectivity index (χ3v) is 5.06. The smallest absolute Gasteiger partial charge is 0.129 e. The van der Waals surface area contributed by atoms with Gasteiger partial charge in [-0.05, 0) is 45.5 Å². The fourth-order valence-electron chi connectivity index (χ4n) is 3.46. The van der Waals surface area contributed by atoms with E-state index in [4.69, 9.17) is 16.6 Å². The van der Waals surface area contributed by atoms with E-state index in [9.17, 15) is 0 Å². The molecule has 3 rings (SSSR count). The molecule has 0 aromatic carbocycles. The van der Waals surface area contributed by atoms with Crippen molar-refractivity contribution >= 4 is 17.4 Å². The molecule has 2 bridgehead atoms. The molecule has 2 fully saturated rings. The summed E-state index contributed by atoms with van der Waals surface area (Å²) in [6.07, 6.45) is 3.90. The molecule has 110 valence electrons. The van der Waals surface area contributed by atoms with Crippen molar-refractivity contribution in [3.8, 4) is 0 Å². The summed E-state index contributed by atoms with van der Waals surface area (Å²) in [5.41, 5.74) is 0.939. The maximum Gasteiger partial charge on any atom is 0.129 e. The van der Waals surface area contributed by atoms with Crippen LogP contribution in [0.15, 0.2) is 12.1 Å². The van der Waals surface area contributed by atoms with Crippen LogP contribution in [0.5, 0.6) is 0 Å². The van der Waals surface area contributed by atoms with Crippen LogP contribution in [0.1, 0.15) is 25.0 Å². The number of nitrogens with zero attached hydrogens (tertiary/aromatic N) is 3. The van der Waals surface area contributed by atoms with E-state index >= 15 is 0 Å². The predicted octanol–water partition coefficient (Wildman–Crippen LogP) is 2.13. The zero-order valence-corrected chi connectivity index (χ0v) is 13.0. The van der Waals surface area contributed by atoms with Gasteiger partial charge in [-0.15, -0.1) is 0 Å². The van der Waals surface area contributed by atoms with Gasteiger partial charge in [0.25, 0.3) is 0 Å². The molecule has 0 aliphatic carbocycles. The standard InChI is InChI=1S/C15H23ClN4/c1-17-9-14-13(16)5-6-15(18-14)20-8-7-11-3-4-12(10-20)19(11)2/h5-6,11-12,17H,3-4,7-10H2,1-2H3. The summed E-state index contributed by atoms with van der Waals surface area (Å²) in [4.78, 5) is 9.74. The van der Waals surface area contributed by atoms with Crippen molar-refractivity contribution < 1.29 is 0 Å². The summed E-state index contributed by atoms with van der Waals surface area (Å²) in [7, 11) is 4.19. The molecule has 2 aliphatic rings. The second-order valence-electron chi connectivity index (χ2n) is 5.91. The van der Waals surface area contributed by atoms with E-state index in [1.807, 2.05) is 13.1 Å². The van der Waals surface area contributed by atoms with Crippen LogP contribution in [-0.4, -0.2) is 49.2 Å². The second-order valence-corrected chi connectivity index (χ2v) is 6.32. The number of hydrogen-bond acceptors (Lipinski definition) is 4. The number of aromatic nitrogens is 1. The molecule has 0 saturated carbocycles. The van der Waals surface area contributed by atoms with Gasteiger partial charge in [-0.25, -0.2) is 4.98 Å². The van der Waals surface area contributed by atoms with E-state index < -0.39 is 0 Å². The lowest BCUT2D eigenvalue weighted by Crippen LogP contribution is -2.37. The average molecular weight is 295 g/mol. The molecule has 3 heterocycles. The van der Waals surface area contributed by atoms with Gasteiger partial charge in [-0.2, -0.15) is 0 Å². The van der Waals surface area contributed by atoms with Crippen molar-refractivity contribution in [2.75, 3.05) is 32.1 Å². The third kappa shape index (κ3) is 2.65. The summed E-state index contributed by atoms with van der Waals surface area (Å²) in [6.45, 7) is 2.90. The number of fused-ring (bicyclic) bond motifs is 2. The minimum Gasteiger partial charge on any atom is -0.355 e. The first kappa shape index (κ1) is 14.1. The lowest BCUT2D eigenvalue weighted by Gasteiger charge is -2.27. The van der Waals surface area contributed by atoms with Crippen LogP contribution in [0.3, 0.4) is 0 Å². The first-order valence-electron chi connectivity index (χ1n) is 7.46. The lowest BCUT2D eigenvalue weighted by molar-refractivity contribution is 0.254. The van der Waals surface area contributed by atoms with Gasteiger partial charge in [0.2, 0.25) is 0 Å². The van der Waals surface area contributed by atoms with E-state index in [1.165, 1.54) is 19.3 Å². The Balaban J connectivity index is 1.80. The third-order valence-electron chi connectivity index (χ3n) is 4.72.